The fraction of sp³-hybridized carbons (Fsp3) is 0.571. The average molecular weight is 234 g/mol. The lowest BCUT2D eigenvalue weighted by atomic mass is 9.94. The maximum atomic E-state index is 6.28. The summed E-state index contributed by atoms with van der Waals surface area (Å²) in [5.74, 6) is 0.899. The predicted molar refractivity (Wildman–Crippen MR) is 70.2 cm³/mol. The minimum Gasteiger partial charge on any atom is -0.496 e. The molecule has 1 aliphatic rings. The predicted octanol–water partition coefficient (Wildman–Crippen LogP) is 2.23. The van der Waals surface area contributed by atoms with Crippen LogP contribution < -0.4 is 15.8 Å². The molecule has 1 aliphatic heterocycles. The summed E-state index contributed by atoms with van der Waals surface area (Å²) in [5.41, 5.74) is 7.40. The van der Waals surface area contributed by atoms with E-state index in [-0.39, 0.29) is 6.04 Å². The third kappa shape index (κ3) is 3.20. The molecule has 1 fully saturated rings. The molecule has 3 nitrogen and oxygen atoms in total. The van der Waals surface area contributed by atoms with Gasteiger partial charge in [0.2, 0.25) is 0 Å². The second kappa shape index (κ2) is 6.03. The van der Waals surface area contributed by atoms with E-state index in [1.165, 1.54) is 19.3 Å². The highest BCUT2D eigenvalue weighted by atomic mass is 16.5. The number of para-hydroxylation sites is 1. The third-order valence-electron chi connectivity index (χ3n) is 3.49. The van der Waals surface area contributed by atoms with Gasteiger partial charge in [-0.25, -0.2) is 0 Å². The van der Waals surface area contributed by atoms with E-state index < -0.39 is 0 Å². The van der Waals surface area contributed by atoms with E-state index in [2.05, 4.69) is 11.4 Å². The van der Waals surface area contributed by atoms with Gasteiger partial charge in [-0.3, -0.25) is 0 Å². The lowest BCUT2D eigenvalue weighted by Crippen LogP contribution is -2.36. The third-order valence-corrected chi connectivity index (χ3v) is 3.49. The van der Waals surface area contributed by atoms with Crippen molar-refractivity contribution in [1.82, 2.24) is 5.32 Å². The highest BCUT2D eigenvalue weighted by molar-refractivity contribution is 5.35. The average Bonchev–Trinajstić information content (AvgIpc) is 2.40. The quantitative estimate of drug-likeness (QED) is 0.840. The summed E-state index contributed by atoms with van der Waals surface area (Å²) < 4.78 is 5.36. The highest BCUT2D eigenvalue weighted by Crippen LogP contribution is 2.27. The van der Waals surface area contributed by atoms with E-state index in [1.807, 2.05) is 18.2 Å². The SMILES string of the molecule is COc1ccccc1C(N)CC1CCCCN1. The maximum Gasteiger partial charge on any atom is 0.123 e. The summed E-state index contributed by atoms with van der Waals surface area (Å²) in [4.78, 5) is 0. The van der Waals surface area contributed by atoms with Gasteiger partial charge in [-0.15, -0.1) is 0 Å². The van der Waals surface area contributed by atoms with Crippen LogP contribution in [0.1, 0.15) is 37.3 Å². The van der Waals surface area contributed by atoms with Crippen LogP contribution in [0.3, 0.4) is 0 Å². The molecule has 3 heteroatoms. The zero-order valence-corrected chi connectivity index (χ0v) is 10.5. The molecule has 3 N–H and O–H groups in total. The second-order valence-electron chi connectivity index (χ2n) is 4.73. The van der Waals surface area contributed by atoms with Crippen molar-refractivity contribution in [3.05, 3.63) is 29.8 Å². The Morgan fingerprint density at radius 2 is 2.24 bits per heavy atom. The fourth-order valence-corrected chi connectivity index (χ4v) is 2.53. The van der Waals surface area contributed by atoms with Gasteiger partial charge in [0.05, 0.1) is 7.11 Å². The molecular weight excluding hydrogens is 212 g/mol. The molecule has 2 atom stereocenters. The van der Waals surface area contributed by atoms with Gasteiger partial charge in [-0.05, 0) is 31.9 Å². The van der Waals surface area contributed by atoms with Gasteiger partial charge >= 0.3 is 0 Å². The Labute approximate surface area is 103 Å². The Morgan fingerprint density at radius 3 is 2.94 bits per heavy atom. The van der Waals surface area contributed by atoms with Crippen LogP contribution in [0.25, 0.3) is 0 Å². The first-order valence-corrected chi connectivity index (χ1v) is 6.43. The molecule has 0 aromatic heterocycles. The minimum absolute atomic E-state index is 0.0572. The van der Waals surface area contributed by atoms with Crippen LogP contribution in [0.5, 0.6) is 5.75 Å². The van der Waals surface area contributed by atoms with E-state index in [0.29, 0.717) is 6.04 Å². The van der Waals surface area contributed by atoms with Crippen molar-refractivity contribution >= 4 is 0 Å². The van der Waals surface area contributed by atoms with E-state index in [1.54, 1.807) is 7.11 Å². The molecule has 2 unspecified atom stereocenters. The molecule has 0 spiro atoms. The molecule has 1 aromatic rings. The number of rotatable bonds is 4. The lowest BCUT2D eigenvalue weighted by molar-refractivity contribution is 0.354. The molecule has 17 heavy (non-hydrogen) atoms. The molecule has 2 rings (SSSR count). The summed E-state index contributed by atoms with van der Waals surface area (Å²) in [6.45, 7) is 1.13. The Kier molecular flexibility index (Phi) is 4.40. The van der Waals surface area contributed by atoms with Gasteiger partial charge in [0.25, 0.3) is 0 Å². The molecule has 0 saturated carbocycles. The van der Waals surface area contributed by atoms with Gasteiger partial charge in [-0.2, -0.15) is 0 Å². The van der Waals surface area contributed by atoms with Crippen LogP contribution in [0.4, 0.5) is 0 Å². The van der Waals surface area contributed by atoms with Crippen molar-refractivity contribution in [3.8, 4) is 5.75 Å². The Bertz CT molecular complexity index is 348. The van der Waals surface area contributed by atoms with Crippen LogP contribution >= 0.6 is 0 Å². The number of nitrogens with one attached hydrogen (secondary N) is 1. The van der Waals surface area contributed by atoms with Crippen LogP contribution in [-0.2, 0) is 0 Å². The fourth-order valence-electron chi connectivity index (χ4n) is 2.53. The van der Waals surface area contributed by atoms with Crippen LogP contribution in [-0.4, -0.2) is 19.7 Å². The van der Waals surface area contributed by atoms with Crippen molar-refractivity contribution in [2.75, 3.05) is 13.7 Å². The number of hydrogen-bond acceptors (Lipinski definition) is 3. The molecule has 0 radical (unpaired) electrons. The number of methoxy groups -OCH3 is 1. The molecule has 1 aromatic carbocycles. The normalized spacial score (nSPS) is 22.1. The number of ether oxygens (including phenoxy) is 1. The van der Waals surface area contributed by atoms with Crippen molar-refractivity contribution in [2.45, 2.75) is 37.8 Å². The zero-order valence-electron chi connectivity index (χ0n) is 10.5. The van der Waals surface area contributed by atoms with Crippen molar-refractivity contribution in [1.29, 1.82) is 0 Å². The summed E-state index contributed by atoms with van der Waals surface area (Å²) in [5, 5.41) is 3.54. The molecular formula is C14H22N2O. The number of piperidine rings is 1. The topological polar surface area (TPSA) is 47.3 Å². The number of hydrogen-bond donors (Lipinski definition) is 2. The molecule has 0 amide bonds. The summed E-state index contributed by atoms with van der Waals surface area (Å²) >= 11 is 0. The molecule has 1 heterocycles. The first-order valence-electron chi connectivity index (χ1n) is 6.43. The molecule has 1 saturated heterocycles. The van der Waals surface area contributed by atoms with E-state index in [9.17, 15) is 0 Å². The van der Waals surface area contributed by atoms with Crippen molar-refractivity contribution in [3.63, 3.8) is 0 Å². The summed E-state index contributed by atoms with van der Waals surface area (Å²) in [7, 11) is 1.70. The minimum atomic E-state index is 0.0572. The van der Waals surface area contributed by atoms with E-state index in [4.69, 9.17) is 10.5 Å². The lowest BCUT2D eigenvalue weighted by Gasteiger charge is -2.26. The number of benzene rings is 1. The molecule has 0 bridgehead atoms. The maximum absolute atomic E-state index is 6.28. The first-order chi connectivity index (χ1) is 8.31. The smallest absolute Gasteiger partial charge is 0.123 e. The Hall–Kier alpha value is -1.06. The Morgan fingerprint density at radius 1 is 1.41 bits per heavy atom. The van der Waals surface area contributed by atoms with Gasteiger partial charge in [0.15, 0.2) is 0 Å². The largest absolute Gasteiger partial charge is 0.496 e. The number of nitrogens with two attached hydrogens (primary N) is 1. The molecule has 0 aliphatic carbocycles. The van der Waals surface area contributed by atoms with Crippen molar-refractivity contribution < 1.29 is 4.74 Å². The van der Waals surface area contributed by atoms with Gasteiger partial charge < -0.3 is 15.8 Å². The van der Waals surface area contributed by atoms with Gasteiger partial charge in [0, 0.05) is 17.6 Å². The van der Waals surface area contributed by atoms with Crippen LogP contribution in [0.15, 0.2) is 24.3 Å². The Balaban J connectivity index is 2.00. The highest BCUT2D eigenvalue weighted by Gasteiger charge is 2.18. The van der Waals surface area contributed by atoms with Gasteiger partial charge in [-0.1, -0.05) is 24.6 Å². The first kappa shape index (κ1) is 12.4. The zero-order chi connectivity index (χ0) is 12.1. The second-order valence-corrected chi connectivity index (χ2v) is 4.73. The van der Waals surface area contributed by atoms with Gasteiger partial charge in [0.1, 0.15) is 5.75 Å². The van der Waals surface area contributed by atoms with E-state index in [0.717, 1.165) is 24.3 Å². The molecule has 94 valence electrons. The standard InChI is InChI=1S/C14H22N2O/c1-17-14-8-3-2-7-12(14)13(15)10-11-6-4-5-9-16-11/h2-3,7-8,11,13,16H,4-6,9-10,15H2,1H3. The monoisotopic (exact) mass is 234 g/mol. The summed E-state index contributed by atoms with van der Waals surface area (Å²) in [6.07, 6.45) is 4.83. The van der Waals surface area contributed by atoms with Crippen LogP contribution in [0, 0.1) is 0 Å². The van der Waals surface area contributed by atoms with Crippen molar-refractivity contribution in [2.24, 2.45) is 5.73 Å². The summed E-state index contributed by atoms with van der Waals surface area (Å²) in [6, 6.07) is 8.65. The van der Waals surface area contributed by atoms with E-state index >= 15 is 0 Å². The van der Waals surface area contributed by atoms with Crippen LogP contribution in [0.2, 0.25) is 0 Å².